The number of nitrogens with one attached hydrogen (secondary N) is 1. The maximum atomic E-state index is 11.6. The molecule has 1 saturated heterocycles. The third kappa shape index (κ3) is 1.25. The zero-order valence-corrected chi connectivity index (χ0v) is 6.73. The molecule has 2 heterocycles. The first kappa shape index (κ1) is 7.49. The van der Waals surface area contributed by atoms with E-state index in [-0.39, 0.29) is 11.9 Å². The second-order valence-electron chi connectivity index (χ2n) is 2.96. The Labute approximate surface area is 70.6 Å². The van der Waals surface area contributed by atoms with Crippen LogP contribution in [0.2, 0.25) is 0 Å². The molecule has 1 aromatic rings. The molecule has 0 saturated carbocycles. The summed E-state index contributed by atoms with van der Waals surface area (Å²) in [4.78, 5) is 15.4. The second kappa shape index (κ2) is 3.06. The molecule has 0 amide bonds. The van der Waals surface area contributed by atoms with Gasteiger partial charge in [-0.2, -0.15) is 0 Å². The number of carbonyl (C=O) groups excluding carboxylic acids is 1. The van der Waals surface area contributed by atoms with Crippen LogP contribution in [0.15, 0.2) is 18.7 Å². The third-order valence-corrected chi connectivity index (χ3v) is 2.12. The van der Waals surface area contributed by atoms with Crippen LogP contribution >= 0.6 is 0 Å². The topological polar surface area (TPSA) is 46.9 Å². The highest BCUT2D eigenvalue weighted by Gasteiger charge is 2.22. The van der Waals surface area contributed by atoms with Gasteiger partial charge in [0.1, 0.15) is 6.33 Å². The Balaban J connectivity index is 2.09. The van der Waals surface area contributed by atoms with Crippen molar-refractivity contribution in [3.8, 4) is 0 Å². The molecule has 0 radical (unpaired) electrons. The van der Waals surface area contributed by atoms with Crippen LogP contribution in [0.25, 0.3) is 0 Å². The fraction of sp³-hybridized carbons (Fsp3) is 0.500. The number of rotatable bonds is 1. The van der Waals surface area contributed by atoms with E-state index in [0.717, 1.165) is 19.4 Å². The van der Waals surface area contributed by atoms with Gasteiger partial charge in [-0.15, -0.1) is 0 Å². The van der Waals surface area contributed by atoms with Gasteiger partial charge in [0.05, 0.1) is 6.04 Å². The number of nitrogens with zero attached hydrogens (tertiary/aromatic N) is 2. The Kier molecular flexibility index (Phi) is 1.91. The quantitative estimate of drug-likeness (QED) is 0.650. The van der Waals surface area contributed by atoms with Gasteiger partial charge in [0, 0.05) is 12.4 Å². The van der Waals surface area contributed by atoms with Crippen LogP contribution < -0.4 is 5.32 Å². The highest BCUT2D eigenvalue weighted by Crippen LogP contribution is 2.07. The predicted molar refractivity (Wildman–Crippen MR) is 43.9 cm³/mol. The molecule has 1 unspecified atom stereocenters. The van der Waals surface area contributed by atoms with Crippen LogP contribution in [0, 0.1) is 0 Å². The average Bonchev–Trinajstić information content (AvgIpc) is 2.77. The molecule has 1 aromatic heterocycles. The van der Waals surface area contributed by atoms with E-state index >= 15 is 0 Å². The summed E-state index contributed by atoms with van der Waals surface area (Å²) in [7, 11) is 0. The molecule has 4 nitrogen and oxygen atoms in total. The van der Waals surface area contributed by atoms with Crippen molar-refractivity contribution in [1.82, 2.24) is 14.9 Å². The molecule has 64 valence electrons. The molecule has 1 atom stereocenters. The Hall–Kier alpha value is -1.16. The van der Waals surface area contributed by atoms with E-state index in [9.17, 15) is 4.79 Å². The standard InChI is InChI=1S/C8H11N3O/c12-8(7-2-1-3-10-7)11-5-4-9-6-11/h4-7,10H,1-3H2. The summed E-state index contributed by atoms with van der Waals surface area (Å²) in [5, 5.41) is 3.15. The minimum atomic E-state index is -0.000741. The van der Waals surface area contributed by atoms with Gasteiger partial charge < -0.3 is 5.32 Å². The van der Waals surface area contributed by atoms with Crippen molar-refractivity contribution in [2.24, 2.45) is 0 Å². The lowest BCUT2D eigenvalue weighted by atomic mass is 10.2. The van der Waals surface area contributed by atoms with Crippen molar-refractivity contribution < 1.29 is 4.79 Å². The van der Waals surface area contributed by atoms with E-state index in [4.69, 9.17) is 0 Å². The first-order valence-electron chi connectivity index (χ1n) is 4.13. The van der Waals surface area contributed by atoms with Crippen LogP contribution in [0.5, 0.6) is 0 Å². The summed E-state index contributed by atoms with van der Waals surface area (Å²) in [6.07, 6.45) is 6.87. The van der Waals surface area contributed by atoms with Gasteiger partial charge in [-0.25, -0.2) is 4.98 Å². The molecule has 1 aliphatic heterocycles. The van der Waals surface area contributed by atoms with E-state index in [0.29, 0.717) is 0 Å². The SMILES string of the molecule is O=C(C1CCCN1)n1ccnc1. The Bertz CT molecular complexity index is 262. The van der Waals surface area contributed by atoms with Gasteiger partial charge in [-0.1, -0.05) is 0 Å². The predicted octanol–water partition coefficient (Wildman–Crippen LogP) is 0.275. The summed E-state index contributed by atoms with van der Waals surface area (Å²) < 4.78 is 1.53. The molecule has 0 spiro atoms. The summed E-state index contributed by atoms with van der Waals surface area (Å²) in [5.41, 5.74) is 0. The van der Waals surface area contributed by atoms with Crippen molar-refractivity contribution in [2.75, 3.05) is 6.54 Å². The van der Waals surface area contributed by atoms with Gasteiger partial charge in [0.25, 0.3) is 0 Å². The summed E-state index contributed by atoms with van der Waals surface area (Å²) in [6, 6.07) is -0.000741. The lowest BCUT2D eigenvalue weighted by Gasteiger charge is -2.07. The Morgan fingerprint density at radius 1 is 1.67 bits per heavy atom. The number of aromatic nitrogens is 2. The fourth-order valence-electron chi connectivity index (χ4n) is 1.46. The first-order valence-corrected chi connectivity index (χ1v) is 4.13. The average molecular weight is 165 g/mol. The number of carbonyl (C=O) groups is 1. The molecule has 0 aromatic carbocycles. The first-order chi connectivity index (χ1) is 5.88. The van der Waals surface area contributed by atoms with Gasteiger partial charge in [-0.05, 0) is 19.4 Å². The summed E-state index contributed by atoms with van der Waals surface area (Å²) in [5.74, 6) is 0.102. The smallest absolute Gasteiger partial charge is 0.248 e. The van der Waals surface area contributed by atoms with Gasteiger partial charge >= 0.3 is 0 Å². The van der Waals surface area contributed by atoms with E-state index in [1.807, 2.05) is 0 Å². The Morgan fingerprint density at radius 3 is 3.17 bits per heavy atom. The molecule has 1 fully saturated rings. The number of hydrogen-bond donors (Lipinski definition) is 1. The maximum Gasteiger partial charge on any atom is 0.248 e. The Morgan fingerprint density at radius 2 is 2.58 bits per heavy atom. The molecule has 12 heavy (non-hydrogen) atoms. The second-order valence-corrected chi connectivity index (χ2v) is 2.96. The van der Waals surface area contributed by atoms with Crippen molar-refractivity contribution in [3.63, 3.8) is 0 Å². The van der Waals surface area contributed by atoms with Gasteiger partial charge in [-0.3, -0.25) is 9.36 Å². The van der Waals surface area contributed by atoms with Crippen molar-refractivity contribution in [2.45, 2.75) is 18.9 Å². The monoisotopic (exact) mass is 165 g/mol. The van der Waals surface area contributed by atoms with E-state index in [2.05, 4.69) is 10.3 Å². The van der Waals surface area contributed by atoms with Crippen molar-refractivity contribution in [1.29, 1.82) is 0 Å². The minimum Gasteiger partial charge on any atom is -0.306 e. The van der Waals surface area contributed by atoms with Crippen LogP contribution in [-0.2, 0) is 0 Å². The molecule has 2 rings (SSSR count). The maximum absolute atomic E-state index is 11.6. The summed E-state index contributed by atoms with van der Waals surface area (Å²) >= 11 is 0. The molecular weight excluding hydrogens is 154 g/mol. The lowest BCUT2D eigenvalue weighted by molar-refractivity contribution is 0.0869. The molecule has 0 aliphatic carbocycles. The van der Waals surface area contributed by atoms with E-state index in [1.165, 1.54) is 4.57 Å². The molecule has 4 heteroatoms. The highest BCUT2D eigenvalue weighted by atomic mass is 16.2. The lowest BCUT2D eigenvalue weighted by Crippen LogP contribution is -2.34. The highest BCUT2D eigenvalue weighted by molar-refractivity contribution is 5.84. The van der Waals surface area contributed by atoms with Gasteiger partial charge in [0.2, 0.25) is 5.91 Å². The fourth-order valence-corrected chi connectivity index (χ4v) is 1.46. The number of imidazole rings is 1. The van der Waals surface area contributed by atoms with Crippen LogP contribution in [0.4, 0.5) is 0 Å². The zero-order valence-electron chi connectivity index (χ0n) is 6.73. The van der Waals surface area contributed by atoms with Gasteiger partial charge in [0.15, 0.2) is 0 Å². The van der Waals surface area contributed by atoms with Crippen LogP contribution in [0.3, 0.4) is 0 Å². The molecule has 1 aliphatic rings. The normalized spacial score (nSPS) is 22.8. The van der Waals surface area contributed by atoms with Crippen LogP contribution in [-0.4, -0.2) is 28.0 Å². The third-order valence-electron chi connectivity index (χ3n) is 2.12. The molecule has 1 N–H and O–H groups in total. The molecule has 0 bridgehead atoms. The van der Waals surface area contributed by atoms with E-state index < -0.39 is 0 Å². The number of hydrogen-bond acceptors (Lipinski definition) is 3. The van der Waals surface area contributed by atoms with Crippen LogP contribution in [0.1, 0.15) is 17.6 Å². The van der Waals surface area contributed by atoms with Crippen molar-refractivity contribution >= 4 is 5.91 Å². The largest absolute Gasteiger partial charge is 0.306 e. The zero-order chi connectivity index (χ0) is 8.39. The minimum absolute atomic E-state index is 0.000741. The molecular formula is C8H11N3O. The van der Waals surface area contributed by atoms with Crippen molar-refractivity contribution in [3.05, 3.63) is 18.7 Å². The summed E-state index contributed by atoms with van der Waals surface area (Å²) in [6.45, 7) is 0.950. The van der Waals surface area contributed by atoms with E-state index in [1.54, 1.807) is 18.7 Å².